The van der Waals surface area contributed by atoms with Gasteiger partial charge in [-0.3, -0.25) is 5.41 Å². The first-order chi connectivity index (χ1) is 8.69. The van der Waals surface area contributed by atoms with Crippen LogP contribution in [0.25, 0.3) is 0 Å². The van der Waals surface area contributed by atoms with Crippen molar-refractivity contribution in [2.45, 2.75) is 32.6 Å². The molecular formula is C14H22N2O2. The van der Waals surface area contributed by atoms with Crippen LogP contribution in [0.1, 0.15) is 38.2 Å². The first-order valence-electron chi connectivity index (χ1n) is 6.34. The summed E-state index contributed by atoms with van der Waals surface area (Å²) in [5.41, 5.74) is 6.14. The molecule has 4 heteroatoms. The summed E-state index contributed by atoms with van der Waals surface area (Å²) >= 11 is 0. The smallest absolute Gasteiger partial charge is 0.133 e. The number of ether oxygens (including phenoxy) is 2. The van der Waals surface area contributed by atoms with Crippen molar-refractivity contribution in [3.8, 4) is 11.5 Å². The highest BCUT2D eigenvalue weighted by atomic mass is 16.5. The second-order valence-electron chi connectivity index (χ2n) is 4.18. The summed E-state index contributed by atoms with van der Waals surface area (Å²) in [6, 6.07) is 5.31. The molecule has 0 spiro atoms. The monoisotopic (exact) mass is 250 g/mol. The number of amidine groups is 1. The first-order valence-corrected chi connectivity index (χ1v) is 6.34. The highest BCUT2D eigenvalue weighted by Crippen LogP contribution is 2.24. The minimum absolute atomic E-state index is 0.0150. The third kappa shape index (κ3) is 4.28. The number of nitrogens with one attached hydrogen (secondary N) is 1. The molecule has 0 aromatic heterocycles. The van der Waals surface area contributed by atoms with Crippen LogP contribution < -0.4 is 15.2 Å². The number of nitrogens with two attached hydrogens (primary N) is 1. The second-order valence-corrected chi connectivity index (χ2v) is 4.18. The van der Waals surface area contributed by atoms with Crippen LogP contribution in [0.15, 0.2) is 18.2 Å². The molecule has 1 aromatic carbocycles. The van der Waals surface area contributed by atoms with Crippen molar-refractivity contribution >= 4 is 5.84 Å². The normalized spacial score (nSPS) is 10.1. The molecule has 0 fully saturated rings. The maximum absolute atomic E-state index is 7.51. The molecular weight excluding hydrogens is 228 g/mol. The molecule has 3 N–H and O–H groups in total. The first kappa shape index (κ1) is 14.4. The van der Waals surface area contributed by atoms with Gasteiger partial charge in [-0.1, -0.05) is 26.2 Å². The zero-order chi connectivity index (χ0) is 13.4. The van der Waals surface area contributed by atoms with Gasteiger partial charge in [0.25, 0.3) is 0 Å². The fourth-order valence-electron chi connectivity index (χ4n) is 1.68. The van der Waals surface area contributed by atoms with Crippen LogP contribution in [0.3, 0.4) is 0 Å². The minimum Gasteiger partial charge on any atom is -0.497 e. The average Bonchev–Trinajstić information content (AvgIpc) is 2.38. The summed E-state index contributed by atoms with van der Waals surface area (Å²) in [4.78, 5) is 0. The lowest BCUT2D eigenvalue weighted by Gasteiger charge is -2.12. The molecule has 0 atom stereocenters. The van der Waals surface area contributed by atoms with Crippen LogP contribution in [0, 0.1) is 5.41 Å². The molecule has 0 aliphatic heterocycles. The van der Waals surface area contributed by atoms with E-state index in [1.54, 1.807) is 25.3 Å². The van der Waals surface area contributed by atoms with Crippen molar-refractivity contribution in [1.82, 2.24) is 0 Å². The maximum atomic E-state index is 7.51. The van der Waals surface area contributed by atoms with E-state index >= 15 is 0 Å². The van der Waals surface area contributed by atoms with E-state index in [2.05, 4.69) is 6.92 Å². The van der Waals surface area contributed by atoms with Crippen molar-refractivity contribution in [3.63, 3.8) is 0 Å². The second kappa shape index (κ2) is 7.58. The highest BCUT2D eigenvalue weighted by molar-refractivity contribution is 5.97. The summed E-state index contributed by atoms with van der Waals surface area (Å²) in [6.07, 6.45) is 4.61. The van der Waals surface area contributed by atoms with Crippen LogP contribution in [0.4, 0.5) is 0 Å². The molecule has 0 aliphatic carbocycles. The fraction of sp³-hybridized carbons (Fsp3) is 0.500. The number of rotatable bonds is 8. The van der Waals surface area contributed by atoms with E-state index < -0.39 is 0 Å². The quantitative estimate of drug-likeness (QED) is 0.423. The fourth-order valence-corrected chi connectivity index (χ4v) is 1.68. The average molecular weight is 250 g/mol. The molecule has 0 saturated heterocycles. The van der Waals surface area contributed by atoms with E-state index in [0.29, 0.717) is 23.7 Å². The molecule has 0 aliphatic rings. The van der Waals surface area contributed by atoms with Gasteiger partial charge in [0.2, 0.25) is 0 Å². The van der Waals surface area contributed by atoms with Gasteiger partial charge in [-0.15, -0.1) is 0 Å². The number of nitrogen functional groups attached to an aromatic ring is 1. The van der Waals surface area contributed by atoms with Gasteiger partial charge >= 0.3 is 0 Å². The van der Waals surface area contributed by atoms with Crippen molar-refractivity contribution in [2.75, 3.05) is 13.7 Å². The molecule has 18 heavy (non-hydrogen) atoms. The Kier molecular flexibility index (Phi) is 6.05. The maximum Gasteiger partial charge on any atom is 0.133 e. The van der Waals surface area contributed by atoms with Gasteiger partial charge in [-0.25, -0.2) is 0 Å². The third-order valence-electron chi connectivity index (χ3n) is 2.73. The Morgan fingerprint density at radius 2 is 2.06 bits per heavy atom. The van der Waals surface area contributed by atoms with Crippen LogP contribution in [-0.4, -0.2) is 19.6 Å². The zero-order valence-corrected chi connectivity index (χ0v) is 11.2. The Morgan fingerprint density at radius 1 is 1.28 bits per heavy atom. The number of methoxy groups -OCH3 is 1. The van der Waals surface area contributed by atoms with Gasteiger partial charge < -0.3 is 15.2 Å². The summed E-state index contributed by atoms with van der Waals surface area (Å²) in [5.74, 6) is 1.35. The molecule has 0 heterocycles. The van der Waals surface area contributed by atoms with Gasteiger partial charge in [0.15, 0.2) is 0 Å². The Hall–Kier alpha value is -1.71. The molecule has 1 aromatic rings. The molecule has 0 bridgehead atoms. The van der Waals surface area contributed by atoms with Crippen molar-refractivity contribution in [1.29, 1.82) is 5.41 Å². The van der Waals surface area contributed by atoms with Crippen molar-refractivity contribution in [2.24, 2.45) is 5.73 Å². The number of benzene rings is 1. The van der Waals surface area contributed by atoms with E-state index in [-0.39, 0.29) is 5.84 Å². The molecule has 0 saturated carbocycles. The van der Waals surface area contributed by atoms with Gasteiger partial charge in [0, 0.05) is 6.07 Å². The van der Waals surface area contributed by atoms with Crippen molar-refractivity contribution < 1.29 is 9.47 Å². The SMILES string of the molecule is CCCCCCOc1cc(OC)ccc1C(=N)N. The summed E-state index contributed by atoms with van der Waals surface area (Å²) in [7, 11) is 1.60. The van der Waals surface area contributed by atoms with Crippen molar-refractivity contribution in [3.05, 3.63) is 23.8 Å². The van der Waals surface area contributed by atoms with E-state index in [1.165, 1.54) is 12.8 Å². The summed E-state index contributed by atoms with van der Waals surface area (Å²) in [5, 5.41) is 7.51. The minimum atomic E-state index is 0.0150. The predicted molar refractivity (Wildman–Crippen MR) is 73.6 cm³/mol. The number of hydrogen-bond donors (Lipinski definition) is 2. The van der Waals surface area contributed by atoms with E-state index in [4.69, 9.17) is 20.6 Å². The molecule has 0 unspecified atom stereocenters. The highest BCUT2D eigenvalue weighted by Gasteiger charge is 2.08. The molecule has 0 amide bonds. The third-order valence-corrected chi connectivity index (χ3v) is 2.73. The lowest BCUT2D eigenvalue weighted by atomic mass is 10.1. The van der Waals surface area contributed by atoms with Crippen LogP contribution in [-0.2, 0) is 0 Å². The van der Waals surface area contributed by atoms with Gasteiger partial charge in [0.1, 0.15) is 17.3 Å². The van der Waals surface area contributed by atoms with E-state index in [0.717, 1.165) is 12.8 Å². The number of hydrogen-bond acceptors (Lipinski definition) is 3. The molecule has 100 valence electrons. The molecule has 1 rings (SSSR count). The standard InChI is InChI=1S/C14H22N2O2/c1-3-4-5-6-9-18-13-10-11(17-2)7-8-12(13)14(15)16/h7-8,10H,3-6,9H2,1-2H3,(H3,15,16). The van der Waals surface area contributed by atoms with Gasteiger partial charge in [-0.05, 0) is 18.6 Å². The Labute approximate surface area is 109 Å². The Balaban J connectivity index is 2.63. The van der Waals surface area contributed by atoms with Crippen LogP contribution in [0.2, 0.25) is 0 Å². The molecule has 0 radical (unpaired) electrons. The van der Waals surface area contributed by atoms with E-state index in [1.807, 2.05) is 0 Å². The van der Waals surface area contributed by atoms with Crippen LogP contribution >= 0.6 is 0 Å². The Morgan fingerprint density at radius 3 is 2.67 bits per heavy atom. The summed E-state index contributed by atoms with van der Waals surface area (Å²) in [6.45, 7) is 2.82. The zero-order valence-electron chi connectivity index (χ0n) is 11.2. The topological polar surface area (TPSA) is 68.3 Å². The lowest BCUT2D eigenvalue weighted by molar-refractivity contribution is 0.302. The van der Waals surface area contributed by atoms with Gasteiger partial charge in [-0.2, -0.15) is 0 Å². The van der Waals surface area contributed by atoms with Crippen LogP contribution in [0.5, 0.6) is 11.5 Å². The summed E-state index contributed by atoms with van der Waals surface area (Å²) < 4.78 is 10.8. The largest absolute Gasteiger partial charge is 0.497 e. The molecule has 4 nitrogen and oxygen atoms in total. The lowest BCUT2D eigenvalue weighted by Crippen LogP contribution is -2.13. The number of unbranched alkanes of at least 4 members (excludes halogenated alkanes) is 3. The van der Waals surface area contributed by atoms with Gasteiger partial charge in [0.05, 0.1) is 19.3 Å². The van der Waals surface area contributed by atoms with E-state index in [9.17, 15) is 0 Å². The predicted octanol–water partition coefficient (Wildman–Crippen LogP) is 2.94. The Bertz CT molecular complexity index is 391.